The molecule has 5 nitrogen and oxygen atoms in total. The van der Waals surface area contributed by atoms with Crippen LogP contribution in [0.1, 0.15) is 18.9 Å². The van der Waals surface area contributed by atoms with Crippen LogP contribution in [0.3, 0.4) is 0 Å². The van der Waals surface area contributed by atoms with Gasteiger partial charge in [0.15, 0.2) is 11.5 Å². The summed E-state index contributed by atoms with van der Waals surface area (Å²) in [6.45, 7) is 9.51. The molecule has 1 heterocycles. The van der Waals surface area contributed by atoms with Crippen molar-refractivity contribution < 1.29 is 14.2 Å². The lowest BCUT2D eigenvalue weighted by molar-refractivity contribution is 0.0374. The lowest BCUT2D eigenvalue weighted by Crippen LogP contribution is -2.37. The molecule has 0 unspecified atom stereocenters. The molecular weight excluding hydrogens is 407 g/mol. The van der Waals surface area contributed by atoms with Gasteiger partial charge in [-0.05, 0) is 66.7 Å². The molecular formula is C17H27IN2O3. The first-order chi connectivity index (χ1) is 11.2. The molecule has 23 heavy (non-hydrogen) atoms. The number of methoxy groups -OCH3 is 1. The van der Waals surface area contributed by atoms with Crippen LogP contribution < -0.4 is 14.8 Å². The molecule has 130 valence electrons. The molecule has 1 aliphatic heterocycles. The number of hydrogen-bond acceptors (Lipinski definition) is 5. The fraction of sp³-hybridized carbons (Fsp3) is 0.647. The van der Waals surface area contributed by atoms with Crippen LogP contribution in [0, 0.1) is 3.57 Å². The molecule has 0 spiro atoms. The van der Waals surface area contributed by atoms with Gasteiger partial charge in [0.1, 0.15) is 0 Å². The van der Waals surface area contributed by atoms with E-state index in [-0.39, 0.29) is 0 Å². The summed E-state index contributed by atoms with van der Waals surface area (Å²) >= 11 is 2.30. The molecule has 0 saturated carbocycles. The van der Waals surface area contributed by atoms with E-state index in [1.807, 2.05) is 6.92 Å². The quantitative estimate of drug-likeness (QED) is 0.478. The van der Waals surface area contributed by atoms with Gasteiger partial charge < -0.3 is 19.5 Å². The first-order valence-corrected chi connectivity index (χ1v) is 9.32. The van der Waals surface area contributed by atoms with E-state index in [2.05, 4.69) is 44.9 Å². The van der Waals surface area contributed by atoms with Crippen LogP contribution in [0.25, 0.3) is 0 Å². The molecule has 1 aromatic carbocycles. The fourth-order valence-electron chi connectivity index (χ4n) is 2.67. The average molecular weight is 434 g/mol. The van der Waals surface area contributed by atoms with Crippen LogP contribution in [-0.4, -0.2) is 58.0 Å². The zero-order valence-electron chi connectivity index (χ0n) is 14.1. The van der Waals surface area contributed by atoms with Gasteiger partial charge in [-0.25, -0.2) is 0 Å². The zero-order valence-corrected chi connectivity index (χ0v) is 16.2. The van der Waals surface area contributed by atoms with Gasteiger partial charge in [-0.3, -0.25) is 4.90 Å². The van der Waals surface area contributed by atoms with Crippen LogP contribution in [-0.2, 0) is 11.3 Å². The van der Waals surface area contributed by atoms with Gasteiger partial charge in [0, 0.05) is 19.6 Å². The maximum atomic E-state index is 5.68. The van der Waals surface area contributed by atoms with Gasteiger partial charge in [0.25, 0.3) is 0 Å². The molecule has 0 amide bonds. The number of rotatable bonds is 9. The molecule has 6 heteroatoms. The minimum atomic E-state index is 0.642. The summed E-state index contributed by atoms with van der Waals surface area (Å²) in [5.41, 5.74) is 1.23. The zero-order chi connectivity index (χ0) is 16.5. The molecule has 1 aliphatic rings. The van der Waals surface area contributed by atoms with Crippen LogP contribution in [0.5, 0.6) is 11.5 Å². The highest BCUT2D eigenvalue weighted by Crippen LogP contribution is 2.33. The first kappa shape index (κ1) is 18.8. The van der Waals surface area contributed by atoms with Gasteiger partial charge in [-0.2, -0.15) is 0 Å². The Morgan fingerprint density at radius 3 is 2.78 bits per heavy atom. The lowest BCUT2D eigenvalue weighted by Gasteiger charge is -2.26. The Morgan fingerprint density at radius 2 is 2.09 bits per heavy atom. The van der Waals surface area contributed by atoms with Crippen LogP contribution in [0.2, 0.25) is 0 Å². The van der Waals surface area contributed by atoms with E-state index in [1.54, 1.807) is 7.11 Å². The van der Waals surface area contributed by atoms with Gasteiger partial charge in [0.2, 0.25) is 0 Å². The number of halogens is 1. The number of nitrogens with zero attached hydrogens (tertiary/aromatic N) is 1. The van der Waals surface area contributed by atoms with Gasteiger partial charge >= 0.3 is 0 Å². The minimum absolute atomic E-state index is 0.642. The number of morpholine rings is 1. The van der Waals surface area contributed by atoms with Crippen LogP contribution >= 0.6 is 22.6 Å². The van der Waals surface area contributed by atoms with Gasteiger partial charge in [-0.15, -0.1) is 0 Å². The Labute approximate surface area is 152 Å². The third-order valence-corrected chi connectivity index (χ3v) is 4.64. The molecule has 0 radical (unpaired) electrons. The summed E-state index contributed by atoms with van der Waals surface area (Å²) in [6.07, 6.45) is 1.16. The van der Waals surface area contributed by atoms with Crippen molar-refractivity contribution in [2.45, 2.75) is 19.9 Å². The lowest BCUT2D eigenvalue weighted by atomic mass is 10.2. The number of hydrogen-bond donors (Lipinski definition) is 1. The minimum Gasteiger partial charge on any atom is -0.492 e. The van der Waals surface area contributed by atoms with Crippen molar-refractivity contribution >= 4 is 22.6 Å². The normalized spacial score (nSPS) is 15.6. The molecule has 0 aliphatic carbocycles. The van der Waals surface area contributed by atoms with E-state index in [1.165, 1.54) is 5.56 Å². The number of ether oxygens (including phenoxy) is 3. The maximum Gasteiger partial charge on any atom is 0.174 e. The highest BCUT2D eigenvalue weighted by molar-refractivity contribution is 14.1. The molecule has 1 fully saturated rings. The van der Waals surface area contributed by atoms with Crippen molar-refractivity contribution in [3.05, 3.63) is 21.3 Å². The smallest absolute Gasteiger partial charge is 0.174 e. The molecule has 1 aromatic rings. The second kappa shape index (κ2) is 10.3. The van der Waals surface area contributed by atoms with Crippen LogP contribution in [0.4, 0.5) is 0 Å². The molecule has 2 rings (SSSR count). The summed E-state index contributed by atoms with van der Waals surface area (Å²) in [7, 11) is 1.68. The monoisotopic (exact) mass is 434 g/mol. The Kier molecular flexibility index (Phi) is 8.43. The van der Waals surface area contributed by atoms with E-state index < -0.39 is 0 Å². The third-order valence-electron chi connectivity index (χ3n) is 3.83. The third kappa shape index (κ3) is 6.10. The SMILES string of the molecule is CCOc1cc(CNCCCN2CCOCC2)cc(I)c1OC. The number of nitrogens with one attached hydrogen (secondary N) is 1. The van der Waals surface area contributed by atoms with Crippen molar-refractivity contribution in [1.29, 1.82) is 0 Å². The largest absolute Gasteiger partial charge is 0.492 e. The molecule has 0 aromatic heterocycles. The Balaban J connectivity index is 1.76. The standard InChI is InChI=1S/C17H27IN2O3/c1-3-23-16-12-14(11-15(18)17(16)21-2)13-19-5-4-6-20-7-9-22-10-8-20/h11-12,19H,3-10,13H2,1-2H3. The van der Waals surface area contributed by atoms with Crippen LogP contribution in [0.15, 0.2) is 12.1 Å². The van der Waals surface area contributed by atoms with E-state index >= 15 is 0 Å². The number of benzene rings is 1. The molecule has 1 saturated heterocycles. The topological polar surface area (TPSA) is 43.0 Å². The van der Waals surface area contributed by atoms with Gasteiger partial charge in [-0.1, -0.05) is 0 Å². The predicted octanol–water partition coefficient (Wildman–Crippen LogP) is 2.51. The van der Waals surface area contributed by atoms with Crippen molar-refractivity contribution in [3.8, 4) is 11.5 Å². The molecule has 0 bridgehead atoms. The summed E-state index contributed by atoms with van der Waals surface area (Å²) in [6, 6.07) is 4.22. The van der Waals surface area contributed by atoms with Crippen molar-refractivity contribution in [1.82, 2.24) is 10.2 Å². The fourth-order valence-corrected chi connectivity index (χ4v) is 3.56. The summed E-state index contributed by atoms with van der Waals surface area (Å²) < 4.78 is 17.6. The second-order valence-electron chi connectivity index (χ2n) is 5.53. The predicted molar refractivity (Wildman–Crippen MR) is 100 cm³/mol. The molecule has 1 N–H and O–H groups in total. The average Bonchev–Trinajstić information content (AvgIpc) is 2.56. The van der Waals surface area contributed by atoms with Crippen molar-refractivity contribution in [2.75, 3.05) is 53.1 Å². The summed E-state index contributed by atoms with van der Waals surface area (Å²) in [4.78, 5) is 2.47. The Hall–Kier alpha value is -0.570. The first-order valence-electron chi connectivity index (χ1n) is 8.24. The van der Waals surface area contributed by atoms with Crippen molar-refractivity contribution in [2.24, 2.45) is 0 Å². The maximum absolute atomic E-state index is 5.68. The Morgan fingerprint density at radius 1 is 1.30 bits per heavy atom. The van der Waals surface area contributed by atoms with Gasteiger partial charge in [0.05, 0.1) is 30.5 Å². The summed E-state index contributed by atoms with van der Waals surface area (Å²) in [5.74, 6) is 1.65. The summed E-state index contributed by atoms with van der Waals surface area (Å²) in [5, 5.41) is 3.52. The second-order valence-corrected chi connectivity index (χ2v) is 6.69. The highest BCUT2D eigenvalue weighted by atomic mass is 127. The molecule has 0 atom stereocenters. The van der Waals surface area contributed by atoms with E-state index in [0.717, 1.165) is 67.4 Å². The van der Waals surface area contributed by atoms with Crippen molar-refractivity contribution in [3.63, 3.8) is 0 Å². The highest BCUT2D eigenvalue weighted by Gasteiger charge is 2.11. The Bertz CT molecular complexity index is 479. The van der Waals surface area contributed by atoms with E-state index in [4.69, 9.17) is 14.2 Å². The van der Waals surface area contributed by atoms with E-state index in [0.29, 0.717) is 6.61 Å². The van der Waals surface area contributed by atoms with E-state index in [9.17, 15) is 0 Å².